The lowest BCUT2D eigenvalue weighted by molar-refractivity contribution is -0.314. The summed E-state index contributed by atoms with van der Waals surface area (Å²) >= 11 is 0. The molecule has 0 aromatic carbocycles. The van der Waals surface area contributed by atoms with E-state index in [4.69, 9.17) is 14.9 Å². The number of aliphatic hydroxyl groups excluding tert-OH is 2. The molecule has 2 unspecified atom stereocenters. The average molecular weight is 508 g/mol. The molecule has 0 bridgehead atoms. The van der Waals surface area contributed by atoms with Crippen molar-refractivity contribution in [2.75, 3.05) is 66.9 Å². The number of methoxy groups -OCH3 is 1. The molecule has 0 aliphatic carbocycles. The monoisotopic (exact) mass is 508 g/mol. The van der Waals surface area contributed by atoms with Crippen LogP contribution >= 0.6 is 0 Å². The van der Waals surface area contributed by atoms with Gasteiger partial charge >= 0.3 is 12.2 Å². The number of ether oxygens (including phenoxy) is 6. The summed E-state index contributed by atoms with van der Waals surface area (Å²) < 4.78 is 104. The molecule has 33 heavy (non-hydrogen) atoms. The minimum Gasteiger partial charge on any atom is -0.382 e. The fraction of sp³-hybridized carbons (Fsp3) is 1.00. The summed E-state index contributed by atoms with van der Waals surface area (Å²) in [5.41, 5.74) is -5.78. The Morgan fingerprint density at radius 1 is 0.606 bits per heavy atom. The van der Waals surface area contributed by atoms with Gasteiger partial charge in [0.2, 0.25) is 11.3 Å². The topological polar surface area (TPSA) is 95.8 Å². The Labute approximate surface area is 191 Å². The van der Waals surface area contributed by atoms with E-state index in [2.05, 4.69) is 23.7 Å². The van der Waals surface area contributed by atoms with Crippen molar-refractivity contribution in [2.24, 2.45) is 0 Å². The third-order valence-electron chi connectivity index (χ3n) is 3.43. The second-order valence-electron chi connectivity index (χ2n) is 6.44. The van der Waals surface area contributed by atoms with E-state index < -0.39 is 43.6 Å². The van der Waals surface area contributed by atoms with E-state index in [0.717, 1.165) is 6.92 Å². The maximum Gasteiger partial charge on any atom is 0.391 e. The number of alkyl halides is 6. The number of hydrogen-bond donors (Lipinski definition) is 2. The average Bonchev–Trinajstić information content (AvgIpc) is 2.71. The third-order valence-corrected chi connectivity index (χ3v) is 3.43. The smallest absolute Gasteiger partial charge is 0.382 e. The molecule has 0 aromatic rings. The summed E-state index contributed by atoms with van der Waals surface area (Å²) in [6, 6.07) is 0. The summed E-state index contributed by atoms with van der Waals surface area (Å²) in [4.78, 5) is 0. The predicted molar refractivity (Wildman–Crippen MR) is 107 cm³/mol. The summed E-state index contributed by atoms with van der Waals surface area (Å²) in [5, 5.41) is 16.0. The molecule has 0 rings (SSSR count). The van der Waals surface area contributed by atoms with E-state index in [1.54, 1.807) is 0 Å². The van der Waals surface area contributed by atoms with Crippen LogP contribution in [0.2, 0.25) is 0 Å². The van der Waals surface area contributed by atoms with Gasteiger partial charge in [0.1, 0.15) is 13.6 Å². The maximum absolute atomic E-state index is 13.4. The zero-order chi connectivity index (χ0) is 26.6. The Balaban J connectivity index is -0.000000456. The molecule has 0 heterocycles. The van der Waals surface area contributed by atoms with Crippen molar-refractivity contribution in [2.45, 2.75) is 58.2 Å². The highest BCUT2D eigenvalue weighted by Crippen LogP contribution is 2.34. The number of halogens is 6. The van der Waals surface area contributed by atoms with Gasteiger partial charge in [-0.15, -0.1) is 0 Å². The zero-order valence-corrected chi connectivity index (χ0v) is 20.0. The first-order valence-electron chi connectivity index (χ1n) is 10.0. The van der Waals surface area contributed by atoms with Gasteiger partial charge in [0.05, 0.1) is 39.6 Å². The molecule has 2 N–H and O–H groups in total. The molecule has 0 aliphatic heterocycles. The van der Waals surface area contributed by atoms with Crippen molar-refractivity contribution in [3.8, 4) is 0 Å². The van der Waals surface area contributed by atoms with E-state index in [-0.39, 0.29) is 33.2 Å². The molecule has 2 atom stereocenters. The lowest BCUT2D eigenvalue weighted by Gasteiger charge is -2.28. The van der Waals surface area contributed by atoms with Crippen LogP contribution in [0, 0.1) is 0 Å². The molecule has 0 amide bonds. The fourth-order valence-electron chi connectivity index (χ4n) is 1.57. The minimum atomic E-state index is -3.91. The van der Waals surface area contributed by atoms with E-state index in [0.29, 0.717) is 13.5 Å². The van der Waals surface area contributed by atoms with Gasteiger partial charge in [0.25, 0.3) is 0 Å². The number of hydrogen-bond acceptors (Lipinski definition) is 8. The van der Waals surface area contributed by atoms with Crippen LogP contribution in [-0.2, 0) is 28.4 Å². The number of rotatable bonds is 16. The number of aliphatic hydroxyl groups is 2. The Hall–Kier alpha value is -0.740. The van der Waals surface area contributed by atoms with Gasteiger partial charge in [0, 0.05) is 13.7 Å². The van der Waals surface area contributed by atoms with Crippen molar-refractivity contribution in [1.82, 2.24) is 0 Å². The van der Waals surface area contributed by atoms with Gasteiger partial charge in [-0.3, -0.25) is 0 Å². The molecule has 0 spiro atoms. The highest BCUT2D eigenvalue weighted by molar-refractivity contribution is 4.83. The lowest BCUT2D eigenvalue weighted by atomic mass is 10.1. The third kappa shape index (κ3) is 17.4. The van der Waals surface area contributed by atoms with Crippen LogP contribution in [0.25, 0.3) is 0 Å². The van der Waals surface area contributed by atoms with Gasteiger partial charge in [-0.25, -0.2) is 8.78 Å². The SMILES string of the molecule is CCOC(F)(F)C(C)(F)COCCOC.CCOC(F)(F)C(C)(F)COCO.CCOCO. The van der Waals surface area contributed by atoms with Crippen LogP contribution < -0.4 is 0 Å². The molecule has 0 fully saturated rings. The van der Waals surface area contributed by atoms with Crippen molar-refractivity contribution < 1.29 is 65.0 Å². The summed E-state index contributed by atoms with van der Waals surface area (Å²) in [5.74, 6) is 0. The van der Waals surface area contributed by atoms with Crippen molar-refractivity contribution >= 4 is 0 Å². The first-order valence-corrected chi connectivity index (χ1v) is 10.0. The fourth-order valence-corrected chi connectivity index (χ4v) is 1.57. The van der Waals surface area contributed by atoms with Gasteiger partial charge < -0.3 is 38.6 Å². The Morgan fingerprint density at radius 3 is 1.27 bits per heavy atom. The van der Waals surface area contributed by atoms with Crippen LogP contribution in [0.1, 0.15) is 34.6 Å². The van der Waals surface area contributed by atoms with E-state index in [1.807, 2.05) is 6.92 Å². The molecule has 0 aliphatic rings. The Bertz CT molecular complexity index is 441. The van der Waals surface area contributed by atoms with Gasteiger partial charge in [-0.05, 0) is 34.6 Å². The lowest BCUT2D eigenvalue weighted by Crippen LogP contribution is -2.47. The standard InChI is InChI=1S/C9H17F3O3.C7H13F3O3.C3H8O2/c1-4-15-9(11,12)8(2,10)7-14-6-5-13-3;1-3-13-7(9,10)6(2,8)4-12-5-11;1-2-5-3-4/h4-7H2,1-3H3;11H,3-5H2,1-2H3;4H,2-3H2,1H3. The van der Waals surface area contributed by atoms with Crippen LogP contribution in [0.4, 0.5) is 26.3 Å². The van der Waals surface area contributed by atoms with Crippen LogP contribution in [-0.4, -0.2) is 101 Å². The molecule has 14 heteroatoms. The summed E-state index contributed by atoms with van der Waals surface area (Å²) in [6.07, 6.45) is -7.74. The molecular formula is C19H38F6O8. The molecule has 0 radical (unpaired) electrons. The normalized spacial score (nSPS) is 15.5. The van der Waals surface area contributed by atoms with Crippen LogP contribution in [0.5, 0.6) is 0 Å². The molecule has 0 aromatic heterocycles. The first-order chi connectivity index (χ1) is 15.2. The van der Waals surface area contributed by atoms with Crippen molar-refractivity contribution in [1.29, 1.82) is 0 Å². The minimum absolute atomic E-state index is 0.0677. The first kappa shape index (κ1) is 36.8. The van der Waals surface area contributed by atoms with Crippen LogP contribution in [0.15, 0.2) is 0 Å². The van der Waals surface area contributed by atoms with E-state index >= 15 is 0 Å². The Morgan fingerprint density at radius 2 is 1.00 bits per heavy atom. The second-order valence-corrected chi connectivity index (χ2v) is 6.44. The van der Waals surface area contributed by atoms with Crippen LogP contribution in [0.3, 0.4) is 0 Å². The molecule has 0 saturated carbocycles. The van der Waals surface area contributed by atoms with Crippen molar-refractivity contribution in [3.05, 3.63) is 0 Å². The predicted octanol–water partition coefficient (Wildman–Crippen LogP) is 3.29. The second kappa shape index (κ2) is 19.6. The zero-order valence-electron chi connectivity index (χ0n) is 20.0. The maximum atomic E-state index is 13.4. The van der Waals surface area contributed by atoms with Gasteiger partial charge in [-0.1, -0.05) is 0 Å². The quantitative estimate of drug-likeness (QED) is 0.186. The summed E-state index contributed by atoms with van der Waals surface area (Å²) in [6.45, 7) is 3.65. The molecule has 204 valence electrons. The summed E-state index contributed by atoms with van der Waals surface area (Å²) in [7, 11) is 1.44. The van der Waals surface area contributed by atoms with Crippen molar-refractivity contribution in [3.63, 3.8) is 0 Å². The van der Waals surface area contributed by atoms with E-state index in [1.165, 1.54) is 21.0 Å². The molecular weight excluding hydrogens is 470 g/mol. The molecule has 8 nitrogen and oxygen atoms in total. The van der Waals surface area contributed by atoms with E-state index in [9.17, 15) is 26.3 Å². The highest BCUT2D eigenvalue weighted by atomic mass is 19.3. The van der Waals surface area contributed by atoms with Gasteiger partial charge in [-0.2, -0.15) is 17.6 Å². The highest BCUT2D eigenvalue weighted by Gasteiger charge is 2.53. The molecule has 0 saturated heterocycles. The Kier molecular flexibility index (Phi) is 21.8. The largest absolute Gasteiger partial charge is 0.391 e. The van der Waals surface area contributed by atoms with Gasteiger partial charge in [0.15, 0.2) is 0 Å².